The standard InChI is InChI=1S/2C9H23N3.C4H8.2C2H4.Mn.2Na/c2*1-10(2)6-8-12(5)9-7-11(3)4;1-3-4-2;2*1-2;;;/h2*6-9H2,1-5H3;1-4H2;2*1-2H2;;;/q;;-2;;;+2;2*+1. The number of rotatable bonds is 13. The van der Waals surface area contributed by atoms with Gasteiger partial charge in [-0.05, 0) is 70.5 Å². The molecule has 0 aliphatic carbocycles. The van der Waals surface area contributed by atoms with Gasteiger partial charge < -0.3 is 43.2 Å². The second-order valence-electron chi connectivity index (χ2n) is 8.53. The van der Waals surface area contributed by atoms with Crippen LogP contribution in [0.1, 0.15) is 12.8 Å². The minimum Gasteiger partial charge on any atom is -0.346 e. The second-order valence-corrected chi connectivity index (χ2v) is 8.53. The minimum absolute atomic E-state index is 0. The number of nitrogens with zero attached hydrogens (tertiary/aromatic N) is 6. The predicted molar refractivity (Wildman–Crippen MR) is 152 cm³/mol. The Hall–Kier alpha value is 1.76. The van der Waals surface area contributed by atoms with Crippen LogP contribution < -0.4 is 59.1 Å². The molecule has 0 atom stereocenters. The van der Waals surface area contributed by atoms with Crippen LogP contribution in [0, 0.1) is 13.8 Å². The molecule has 0 bridgehead atoms. The van der Waals surface area contributed by atoms with Crippen molar-refractivity contribution in [2.24, 2.45) is 0 Å². The van der Waals surface area contributed by atoms with Gasteiger partial charge in [0.25, 0.3) is 0 Å². The topological polar surface area (TPSA) is 19.4 Å². The molecule has 35 heavy (non-hydrogen) atoms. The van der Waals surface area contributed by atoms with E-state index in [1.54, 1.807) is 0 Å². The van der Waals surface area contributed by atoms with Crippen LogP contribution >= 0.6 is 0 Å². The molecule has 0 fully saturated rings. The number of unbranched alkanes of at least 4 members (excludes halogenated alkanes) is 1. The third kappa shape index (κ3) is 78.7. The van der Waals surface area contributed by atoms with Crippen LogP contribution in [0.5, 0.6) is 0 Å². The van der Waals surface area contributed by atoms with Crippen molar-refractivity contribution in [2.45, 2.75) is 12.8 Å². The van der Waals surface area contributed by atoms with E-state index in [-0.39, 0.29) is 76.2 Å². The predicted octanol–water partition coefficient (Wildman–Crippen LogP) is -2.87. The zero-order valence-corrected chi connectivity index (χ0v) is 31.6. The second kappa shape index (κ2) is 48.8. The summed E-state index contributed by atoms with van der Waals surface area (Å²) in [7, 11) is 21.2. The van der Waals surface area contributed by atoms with Gasteiger partial charge in [-0.15, -0.1) is 26.3 Å². The number of hydrogen-bond acceptors (Lipinski definition) is 6. The third-order valence-corrected chi connectivity index (χ3v) is 3.97. The molecule has 0 aliphatic heterocycles. The fourth-order valence-corrected chi connectivity index (χ4v) is 1.71. The van der Waals surface area contributed by atoms with Crippen LogP contribution in [0.3, 0.4) is 0 Å². The van der Waals surface area contributed by atoms with Gasteiger partial charge in [-0.3, -0.25) is 0 Å². The molecule has 203 valence electrons. The quantitative estimate of drug-likeness (QED) is 0.136. The van der Waals surface area contributed by atoms with Crippen molar-refractivity contribution in [3.05, 3.63) is 40.2 Å². The van der Waals surface area contributed by atoms with Crippen molar-refractivity contribution in [3.63, 3.8) is 0 Å². The first-order chi connectivity index (χ1) is 15.0. The summed E-state index contributed by atoms with van der Waals surface area (Å²) in [6.45, 7) is 28.3. The molecule has 6 nitrogen and oxygen atoms in total. The zero-order chi connectivity index (χ0) is 26.5. The van der Waals surface area contributed by atoms with Crippen molar-refractivity contribution in [1.29, 1.82) is 0 Å². The molecule has 0 aromatic heterocycles. The van der Waals surface area contributed by atoms with E-state index in [1.807, 2.05) is 0 Å². The van der Waals surface area contributed by atoms with Crippen molar-refractivity contribution < 1.29 is 76.2 Å². The van der Waals surface area contributed by atoms with E-state index >= 15 is 0 Å². The molecule has 0 heterocycles. The Labute approximate surface area is 278 Å². The average Bonchev–Trinajstić information content (AvgIpc) is 2.76. The Morgan fingerprint density at radius 1 is 0.400 bits per heavy atom. The first-order valence-electron chi connectivity index (χ1n) is 11.5. The summed E-state index contributed by atoms with van der Waals surface area (Å²) >= 11 is 0. The Bertz CT molecular complexity index is 272. The van der Waals surface area contributed by atoms with Gasteiger partial charge in [0.15, 0.2) is 0 Å². The Morgan fingerprint density at radius 2 is 0.543 bits per heavy atom. The maximum Gasteiger partial charge on any atom is 2.00 e. The maximum absolute atomic E-state index is 3.54. The molecule has 0 aromatic rings. The molecule has 1 radical (unpaired) electrons. The number of likely N-dealkylation sites (N-methyl/N-ethyl adjacent to an activating group) is 6. The Balaban J connectivity index is -0.0000000501. The molecule has 0 rings (SSSR count). The Morgan fingerprint density at radius 3 is 0.629 bits per heavy atom. The SMILES string of the molecule is C=C.C=C.CN(C)CCN(C)CCN(C)C.CN(C)CCN(C)CCN(C)C.[CH2-]CC[CH2-].[Mn+2].[Na+].[Na+]. The van der Waals surface area contributed by atoms with Gasteiger partial charge in [-0.1, -0.05) is 0 Å². The monoisotopic (exact) mass is 559 g/mol. The van der Waals surface area contributed by atoms with Gasteiger partial charge >= 0.3 is 76.2 Å². The van der Waals surface area contributed by atoms with Crippen LogP contribution in [0.2, 0.25) is 0 Å². The van der Waals surface area contributed by atoms with Gasteiger partial charge in [0.2, 0.25) is 0 Å². The van der Waals surface area contributed by atoms with E-state index < -0.39 is 0 Å². The van der Waals surface area contributed by atoms with Crippen molar-refractivity contribution in [2.75, 3.05) is 123 Å². The number of hydrogen-bond donors (Lipinski definition) is 0. The molecular formula is C26H62MnN6Na2+2. The minimum atomic E-state index is 0. The molecule has 9 heteroatoms. The first-order valence-corrected chi connectivity index (χ1v) is 11.5. The van der Waals surface area contributed by atoms with Crippen LogP contribution in [0.15, 0.2) is 26.3 Å². The van der Waals surface area contributed by atoms with Crippen molar-refractivity contribution in [1.82, 2.24) is 29.4 Å². The van der Waals surface area contributed by atoms with E-state index in [9.17, 15) is 0 Å². The summed E-state index contributed by atoms with van der Waals surface area (Å²) in [5.74, 6) is 0. The van der Waals surface area contributed by atoms with Gasteiger partial charge in [-0.2, -0.15) is 0 Å². The van der Waals surface area contributed by atoms with Gasteiger partial charge in [0.05, 0.1) is 0 Å². The van der Waals surface area contributed by atoms with Crippen LogP contribution in [0.25, 0.3) is 0 Å². The third-order valence-electron chi connectivity index (χ3n) is 3.97. The molecular weight excluding hydrogens is 497 g/mol. The molecule has 0 amide bonds. The summed E-state index contributed by atoms with van der Waals surface area (Å²) in [4.78, 5) is 13.6. The fraction of sp³-hybridized carbons (Fsp3) is 0.769. The first kappa shape index (κ1) is 56.8. The average molecular weight is 560 g/mol. The normalized spacial score (nSPS) is 9.31. The summed E-state index contributed by atoms with van der Waals surface area (Å²) < 4.78 is 0. The molecule has 0 saturated carbocycles. The molecule has 0 aliphatic rings. The van der Waals surface area contributed by atoms with Crippen LogP contribution in [-0.4, -0.2) is 152 Å². The Kier molecular flexibility index (Phi) is 79.2. The van der Waals surface area contributed by atoms with E-state index in [0.717, 1.165) is 65.2 Å². The zero-order valence-electron chi connectivity index (χ0n) is 26.4. The summed E-state index contributed by atoms with van der Waals surface area (Å²) in [5, 5.41) is 0. The molecule has 0 saturated heterocycles. The molecule has 0 N–H and O–H groups in total. The van der Waals surface area contributed by atoms with Gasteiger partial charge in [0, 0.05) is 52.4 Å². The fourth-order valence-electron chi connectivity index (χ4n) is 1.71. The van der Waals surface area contributed by atoms with Crippen molar-refractivity contribution in [3.8, 4) is 0 Å². The van der Waals surface area contributed by atoms with E-state index in [1.165, 1.54) is 0 Å². The summed E-state index contributed by atoms with van der Waals surface area (Å²) in [5.41, 5.74) is 0. The van der Waals surface area contributed by atoms with Gasteiger partial charge in [-0.25, -0.2) is 12.8 Å². The largest absolute Gasteiger partial charge is 2.00 e. The van der Waals surface area contributed by atoms with E-state index in [2.05, 4.69) is 140 Å². The van der Waals surface area contributed by atoms with Crippen LogP contribution in [0.4, 0.5) is 0 Å². The van der Waals surface area contributed by atoms with Crippen LogP contribution in [-0.2, 0) is 17.1 Å². The molecule has 0 spiro atoms. The summed E-state index contributed by atoms with van der Waals surface area (Å²) in [6, 6.07) is 0. The molecule has 0 unspecified atom stereocenters. The molecule has 0 aromatic carbocycles. The van der Waals surface area contributed by atoms with Gasteiger partial charge in [0.1, 0.15) is 0 Å². The maximum atomic E-state index is 3.54. The van der Waals surface area contributed by atoms with Crippen molar-refractivity contribution >= 4 is 0 Å². The van der Waals surface area contributed by atoms with E-state index in [0.29, 0.717) is 0 Å². The summed E-state index contributed by atoms with van der Waals surface area (Å²) in [6.07, 6.45) is 1.92. The smallest absolute Gasteiger partial charge is 0.346 e. The van der Waals surface area contributed by atoms with E-state index in [4.69, 9.17) is 0 Å².